The number of aryl methyl sites for hydroxylation is 1. The van der Waals surface area contributed by atoms with Crippen molar-refractivity contribution in [3.63, 3.8) is 0 Å². The van der Waals surface area contributed by atoms with E-state index in [0.717, 1.165) is 5.69 Å². The van der Waals surface area contributed by atoms with Crippen molar-refractivity contribution >= 4 is 39.3 Å². The molecule has 0 unspecified atom stereocenters. The monoisotopic (exact) mass is 305 g/mol. The van der Waals surface area contributed by atoms with Gasteiger partial charge in [0, 0.05) is 0 Å². The highest BCUT2D eigenvalue weighted by atomic mass is 79.9. The van der Waals surface area contributed by atoms with Crippen molar-refractivity contribution in [1.29, 1.82) is 0 Å². The Hall–Kier alpha value is -0.590. The third-order valence-corrected chi connectivity index (χ3v) is 3.89. The fraction of sp³-hybridized carbons (Fsp3) is 0.125. The Kier molecular flexibility index (Phi) is 3.28. The zero-order valence-corrected chi connectivity index (χ0v) is 10.7. The van der Waals surface area contributed by atoms with Crippen molar-refractivity contribution in [2.75, 3.05) is 0 Å². The van der Waals surface area contributed by atoms with Gasteiger partial charge < -0.3 is 4.42 Å². The average molecular weight is 307 g/mol. The van der Waals surface area contributed by atoms with Crippen LogP contribution in [0.25, 0.3) is 0 Å². The van der Waals surface area contributed by atoms with Crippen LogP contribution in [0.15, 0.2) is 31.7 Å². The molecular weight excluding hydrogens is 302 g/mol. The first-order valence-electron chi connectivity index (χ1n) is 3.93. The molecule has 0 amide bonds. The summed E-state index contributed by atoms with van der Waals surface area (Å²) >= 11 is 10.4. The lowest BCUT2D eigenvalue weighted by molar-refractivity contribution is 0.453. The van der Waals surface area contributed by atoms with Gasteiger partial charge in [-0.2, -0.15) is 0 Å². The molecule has 2 heterocycles. The molecule has 2 rings (SSSR count). The second-order valence-electron chi connectivity index (χ2n) is 2.64. The van der Waals surface area contributed by atoms with Crippen LogP contribution in [0.4, 0.5) is 0 Å². The second-order valence-corrected chi connectivity index (χ2v) is 4.73. The van der Waals surface area contributed by atoms with E-state index in [9.17, 15) is 0 Å². The Morgan fingerprint density at radius 1 is 1.47 bits per heavy atom. The van der Waals surface area contributed by atoms with Gasteiger partial charge in [0.1, 0.15) is 22.8 Å². The number of halogens is 2. The third kappa shape index (κ3) is 2.50. The van der Waals surface area contributed by atoms with Gasteiger partial charge in [-0.05, 0) is 34.6 Å². The summed E-state index contributed by atoms with van der Waals surface area (Å²) in [5, 5.41) is 1.58. The minimum Gasteiger partial charge on any atom is -0.439 e. The average Bonchev–Trinajstić information content (AvgIpc) is 2.59. The molecule has 0 aliphatic rings. The predicted octanol–water partition coefficient (Wildman–Crippen LogP) is 3.34. The quantitative estimate of drug-likeness (QED) is 0.797. The minimum atomic E-state index is 0.371. The smallest absolute Gasteiger partial charge is 0.262 e. The van der Waals surface area contributed by atoms with Gasteiger partial charge in [0.2, 0.25) is 0 Å². The van der Waals surface area contributed by atoms with Crippen LogP contribution < -0.4 is 0 Å². The molecule has 2 aromatic heterocycles. The summed E-state index contributed by atoms with van der Waals surface area (Å²) in [6.07, 6.45) is 2.98. The summed E-state index contributed by atoms with van der Waals surface area (Å²) in [6.45, 7) is 1.86. The van der Waals surface area contributed by atoms with Gasteiger partial charge in [0.15, 0.2) is 0 Å². The first kappa shape index (κ1) is 10.9. The number of nitrogens with zero attached hydrogens (tertiary/aromatic N) is 3. The van der Waals surface area contributed by atoms with E-state index in [2.05, 4.69) is 30.9 Å². The van der Waals surface area contributed by atoms with Gasteiger partial charge in [-0.15, -0.1) is 0 Å². The van der Waals surface area contributed by atoms with Gasteiger partial charge in [0.05, 0.1) is 10.2 Å². The summed E-state index contributed by atoms with van der Waals surface area (Å²) in [5.41, 5.74) is 0.828. The number of hydrogen-bond donors (Lipinski definition) is 0. The van der Waals surface area contributed by atoms with E-state index in [1.54, 1.807) is 6.26 Å². The Morgan fingerprint density at radius 2 is 2.27 bits per heavy atom. The molecule has 0 fully saturated rings. The summed E-state index contributed by atoms with van der Waals surface area (Å²) in [5.74, 6) is 0. The molecule has 4 nitrogen and oxygen atoms in total. The lowest BCUT2D eigenvalue weighted by Gasteiger charge is -1.99. The molecule has 2 aromatic rings. The van der Waals surface area contributed by atoms with Gasteiger partial charge in [-0.3, -0.25) is 0 Å². The van der Waals surface area contributed by atoms with Crippen LogP contribution in [0.2, 0.25) is 5.15 Å². The Bertz CT molecular complexity index is 490. The van der Waals surface area contributed by atoms with Crippen molar-refractivity contribution < 1.29 is 4.42 Å². The molecule has 0 radical (unpaired) electrons. The summed E-state index contributed by atoms with van der Waals surface area (Å²) < 4.78 is 5.84. The number of rotatable bonds is 2. The van der Waals surface area contributed by atoms with Crippen LogP contribution in [0.3, 0.4) is 0 Å². The van der Waals surface area contributed by atoms with E-state index < -0.39 is 0 Å². The van der Waals surface area contributed by atoms with Crippen molar-refractivity contribution in [3.8, 4) is 0 Å². The van der Waals surface area contributed by atoms with Crippen LogP contribution in [0.1, 0.15) is 5.69 Å². The van der Waals surface area contributed by atoms with E-state index in [4.69, 9.17) is 16.0 Å². The van der Waals surface area contributed by atoms with E-state index in [-0.39, 0.29) is 0 Å². The lowest BCUT2D eigenvalue weighted by Crippen LogP contribution is -1.86. The highest BCUT2D eigenvalue weighted by Gasteiger charge is 2.11. The molecule has 0 atom stereocenters. The highest BCUT2D eigenvalue weighted by molar-refractivity contribution is 9.10. The zero-order chi connectivity index (χ0) is 10.8. The number of oxazole rings is 1. The van der Waals surface area contributed by atoms with Crippen LogP contribution >= 0.6 is 39.3 Å². The minimum absolute atomic E-state index is 0.371. The largest absolute Gasteiger partial charge is 0.439 e. The number of aromatic nitrogens is 3. The van der Waals surface area contributed by atoms with Crippen LogP contribution in [0, 0.1) is 6.92 Å². The molecule has 15 heavy (non-hydrogen) atoms. The van der Waals surface area contributed by atoms with Crippen molar-refractivity contribution in [2.24, 2.45) is 0 Å². The summed E-state index contributed by atoms with van der Waals surface area (Å²) in [4.78, 5) is 12.0. The van der Waals surface area contributed by atoms with E-state index in [0.29, 0.717) is 19.9 Å². The van der Waals surface area contributed by atoms with Crippen molar-refractivity contribution in [3.05, 3.63) is 27.9 Å². The van der Waals surface area contributed by atoms with Gasteiger partial charge >= 0.3 is 0 Å². The molecule has 7 heteroatoms. The molecule has 0 aromatic carbocycles. The van der Waals surface area contributed by atoms with Crippen LogP contribution in [0.5, 0.6) is 0 Å². The molecule has 0 spiro atoms. The van der Waals surface area contributed by atoms with Crippen molar-refractivity contribution in [2.45, 2.75) is 17.2 Å². The predicted molar refractivity (Wildman–Crippen MR) is 60.1 cm³/mol. The van der Waals surface area contributed by atoms with Crippen LogP contribution in [-0.2, 0) is 0 Å². The first-order valence-corrected chi connectivity index (χ1v) is 5.91. The first-order chi connectivity index (χ1) is 7.16. The highest BCUT2D eigenvalue weighted by Crippen LogP contribution is 2.33. The fourth-order valence-corrected chi connectivity index (χ4v) is 2.24. The Morgan fingerprint density at radius 3 is 2.93 bits per heavy atom. The molecule has 78 valence electrons. The normalized spacial score (nSPS) is 10.6. The maximum Gasteiger partial charge on any atom is 0.262 e. The second kappa shape index (κ2) is 4.51. The maximum absolute atomic E-state index is 5.82. The topological polar surface area (TPSA) is 51.8 Å². The fourth-order valence-electron chi connectivity index (χ4n) is 0.867. The summed E-state index contributed by atoms with van der Waals surface area (Å²) in [6, 6.07) is 0. The van der Waals surface area contributed by atoms with Gasteiger partial charge in [-0.25, -0.2) is 15.0 Å². The Balaban J connectivity index is 2.28. The molecule has 0 N–H and O–H groups in total. The van der Waals surface area contributed by atoms with E-state index >= 15 is 0 Å². The standard InChI is InChI=1S/C8H5BrClN3OS/c1-4-2-14-8(13-4)15-7-5(9)6(10)11-3-12-7/h2-3H,1H3. The van der Waals surface area contributed by atoms with E-state index in [1.807, 2.05) is 6.92 Å². The molecule has 0 aliphatic heterocycles. The molecule has 0 aliphatic carbocycles. The maximum atomic E-state index is 5.82. The Labute approximate surface area is 104 Å². The van der Waals surface area contributed by atoms with Gasteiger partial charge in [0.25, 0.3) is 5.22 Å². The van der Waals surface area contributed by atoms with Crippen molar-refractivity contribution in [1.82, 2.24) is 15.0 Å². The summed E-state index contributed by atoms with van der Waals surface area (Å²) in [7, 11) is 0. The zero-order valence-electron chi connectivity index (χ0n) is 7.57. The molecular formula is C8H5BrClN3OS. The van der Waals surface area contributed by atoms with Gasteiger partial charge in [-0.1, -0.05) is 11.6 Å². The van der Waals surface area contributed by atoms with Crippen LogP contribution in [-0.4, -0.2) is 15.0 Å². The van der Waals surface area contributed by atoms with E-state index in [1.165, 1.54) is 18.1 Å². The SMILES string of the molecule is Cc1coc(Sc2ncnc(Cl)c2Br)n1. The number of hydrogen-bond acceptors (Lipinski definition) is 5. The molecule has 0 saturated heterocycles. The molecule has 0 saturated carbocycles. The lowest BCUT2D eigenvalue weighted by atomic mass is 10.6. The third-order valence-electron chi connectivity index (χ3n) is 1.50. The molecule has 0 bridgehead atoms.